The average molecular weight is 368 g/mol. The number of nitrogens with one attached hydrogen (secondary N) is 3. The van der Waals surface area contributed by atoms with Crippen molar-refractivity contribution in [3.05, 3.63) is 34.9 Å². The highest BCUT2D eigenvalue weighted by atomic mass is 35.5. The number of carbonyl (C=O) groups is 3. The standard InChI is InChI=1S/C18H26ClN3O3/c1-11(2)16(18(25)20-10-9-15(23)21-12(3)4)22-17(24)13-7-5-6-8-14(13)19/h5-8,11-12,16H,9-10H2,1-4H3,(H,20,25)(H,21,23)(H,22,24). The first kappa shape index (κ1) is 21.0. The molecular weight excluding hydrogens is 342 g/mol. The van der Waals surface area contributed by atoms with Crippen LogP contribution in [0.4, 0.5) is 0 Å². The fraction of sp³-hybridized carbons (Fsp3) is 0.500. The maximum absolute atomic E-state index is 12.3. The van der Waals surface area contributed by atoms with Crippen LogP contribution >= 0.6 is 11.6 Å². The second kappa shape index (κ2) is 10.0. The Bertz CT molecular complexity index is 617. The Morgan fingerprint density at radius 1 is 1.04 bits per heavy atom. The Kier molecular flexibility index (Phi) is 8.41. The maximum atomic E-state index is 12.3. The molecule has 1 aromatic carbocycles. The SMILES string of the molecule is CC(C)NC(=O)CCNC(=O)C(NC(=O)c1ccccc1Cl)C(C)C. The highest BCUT2D eigenvalue weighted by Crippen LogP contribution is 2.15. The van der Waals surface area contributed by atoms with Gasteiger partial charge in [-0.25, -0.2) is 0 Å². The fourth-order valence-electron chi connectivity index (χ4n) is 2.20. The van der Waals surface area contributed by atoms with Crippen molar-refractivity contribution >= 4 is 29.3 Å². The van der Waals surface area contributed by atoms with E-state index in [1.54, 1.807) is 24.3 Å². The Morgan fingerprint density at radius 2 is 1.68 bits per heavy atom. The number of amides is 3. The summed E-state index contributed by atoms with van der Waals surface area (Å²) in [5.74, 6) is -0.975. The molecule has 6 nitrogen and oxygen atoms in total. The molecule has 0 aromatic heterocycles. The zero-order valence-electron chi connectivity index (χ0n) is 15.1. The summed E-state index contributed by atoms with van der Waals surface area (Å²) in [6.45, 7) is 7.62. The van der Waals surface area contributed by atoms with E-state index in [0.717, 1.165) is 0 Å². The molecule has 0 aliphatic heterocycles. The van der Waals surface area contributed by atoms with Crippen molar-refractivity contribution in [2.45, 2.75) is 46.2 Å². The van der Waals surface area contributed by atoms with Gasteiger partial charge in [0, 0.05) is 19.0 Å². The number of hydrogen-bond acceptors (Lipinski definition) is 3. The molecule has 0 bridgehead atoms. The van der Waals surface area contributed by atoms with Crippen LogP contribution in [0.25, 0.3) is 0 Å². The number of halogens is 1. The van der Waals surface area contributed by atoms with Gasteiger partial charge in [-0.2, -0.15) is 0 Å². The van der Waals surface area contributed by atoms with E-state index in [4.69, 9.17) is 11.6 Å². The Hall–Kier alpha value is -2.08. The molecule has 0 heterocycles. The summed E-state index contributed by atoms with van der Waals surface area (Å²) in [7, 11) is 0. The Balaban J connectivity index is 2.61. The average Bonchev–Trinajstić information content (AvgIpc) is 2.51. The normalized spacial score (nSPS) is 12.0. The number of benzene rings is 1. The van der Waals surface area contributed by atoms with Crippen molar-refractivity contribution in [2.24, 2.45) is 5.92 Å². The molecule has 0 aliphatic carbocycles. The molecule has 25 heavy (non-hydrogen) atoms. The highest BCUT2D eigenvalue weighted by molar-refractivity contribution is 6.33. The largest absolute Gasteiger partial charge is 0.354 e. The lowest BCUT2D eigenvalue weighted by atomic mass is 10.0. The van der Waals surface area contributed by atoms with Crippen LogP contribution in [0, 0.1) is 5.92 Å². The predicted octanol–water partition coefficient (Wildman–Crippen LogP) is 2.13. The summed E-state index contributed by atoms with van der Waals surface area (Å²) >= 11 is 6.02. The van der Waals surface area contributed by atoms with Gasteiger partial charge in [0.1, 0.15) is 6.04 Å². The quantitative estimate of drug-likeness (QED) is 0.657. The molecule has 1 rings (SSSR count). The molecule has 1 aromatic rings. The molecule has 0 aliphatic rings. The van der Waals surface area contributed by atoms with E-state index in [1.165, 1.54) is 0 Å². The third-order valence-corrected chi connectivity index (χ3v) is 3.78. The van der Waals surface area contributed by atoms with E-state index < -0.39 is 11.9 Å². The van der Waals surface area contributed by atoms with Gasteiger partial charge in [0.05, 0.1) is 10.6 Å². The van der Waals surface area contributed by atoms with Crippen LogP contribution in [0.5, 0.6) is 0 Å². The van der Waals surface area contributed by atoms with E-state index in [2.05, 4.69) is 16.0 Å². The zero-order valence-corrected chi connectivity index (χ0v) is 15.8. The van der Waals surface area contributed by atoms with Crippen LogP contribution in [0.15, 0.2) is 24.3 Å². The minimum Gasteiger partial charge on any atom is -0.354 e. The lowest BCUT2D eigenvalue weighted by molar-refractivity contribution is -0.124. The van der Waals surface area contributed by atoms with Crippen LogP contribution in [0.2, 0.25) is 5.02 Å². The van der Waals surface area contributed by atoms with E-state index in [-0.39, 0.29) is 36.7 Å². The van der Waals surface area contributed by atoms with Gasteiger partial charge < -0.3 is 16.0 Å². The molecule has 3 amide bonds. The first-order valence-corrected chi connectivity index (χ1v) is 8.72. The fourth-order valence-corrected chi connectivity index (χ4v) is 2.42. The monoisotopic (exact) mass is 367 g/mol. The second-order valence-corrected chi connectivity index (χ2v) is 6.85. The molecule has 1 atom stereocenters. The van der Waals surface area contributed by atoms with Crippen LogP contribution in [0.1, 0.15) is 44.5 Å². The maximum Gasteiger partial charge on any atom is 0.253 e. The first-order chi connectivity index (χ1) is 11.7. The van der Waals surface area contributed by atoms with Crippen molar-refractivity contribution in [1.82, 2.24) is 16.0 Å². The smallest absolute Gasteiger partial charge is 0.253 e. The zero-order chi connectivity index (χ0) is 19.0. The van der Waals surface area contributed by atoms with Crippen LogP contribution in [-0.2, 0) is 9.59 Å². The van der Waals surface area contributed by atoms with Gasteiger partial charge in [0.2, 0.25) is 11.8 Å². The summed E-state index contributed by atoms with van der Waals surface area (Å²) in [4.78, 5) is 36.3. The van der Waals surface area contributed by atoms with Crippen molar-refractivity contribution in [3.63, 3.8) is 0 Å². The summed E-state index contributed by atoms with van der Waals surface area (Å²) in [6.07, 6.45) is 0.188. The third kappa shape index (κ3) is 7.13. The molecule has 3 N–H and O–H groups in total. The van der Waals surface area contributed by atoms with Gasteiger partial charge in [0.15, 0.2) is 0 Å². The topological polar surface area (TPSA) is 87.3 Å². The Labute approximate surface area is 153 Å². The van der Waals surface area contributed by atoms with Crippen molar-refractivity contribution in [2.75, 3.05) is 6.54 Å². The van der Waals surface area contributed by atoms with Gasteiger partial charge in [-0.3, -0.25) is 14.4 Å². The van der Waals surface area contributed by atoms with E-state index >= 15 is 0 Å². The minimum absolute atomic E-state index is 0.0570. The van der Waals surface area contributed by atoms with Crippen molar-refractivity contribution < 1.29 is 14.4 Å². The highest BCUT2D eigenvalue weighted by Gasteiger charge is 2.25. The molecule has 1 unspecified atom stereocenters. The summed E-state index contributed by atoms with van der Waals surface area (Å²) in [6, 6.07) is 6.00. The van der Waals surface area contributed by atoms with Gasteiger partial charge in [0.25, 0.3) is 5.91 Å². The minimum atomic E-state index is -0.711. The summed E-state index contributed by atoms with van der Waals surface area (Å²) in [5, 5.41) is 8.48. The van der Waals surface area contributed by atoms with Gasteiger partial charge >= 0.3 is 0 Å². The molecule has 138 valence electrons. The van der Waals surface area contributed by atoms with Crippen molar-refractivity contribution in [3.8, 4) is 0 Å². The Morgan fingerprint density at radius 3 is 2.24 bits per heavy atom. The number of hydrogen-bond donors (Lipinski definition) is 3. The van der Waals surface area contributed by atoms with Gasteiger partial charge in [-0.15, -0.1) is 0 Å². The van der Waals surface area contributed by atoms with Crippen molar-refractivity contribution in [1.29, 1.82) is 0 Å². The summed E-state index contributed by atoms with van der Waals surface area (Å²) in [5.41, 5.74) is 0.318. The van der Waals surface area contributed by atoms with Gasteiger partial charge in [-0.05, 0) is 31.9 Å². The second-order valence-electron chi connectivity index (χ2n) is 6.44. The summed E-state index contributed by atoms with van der Waals surface area (Å²) < 4.78 is 0. The molecule has 0 saturated heterocycles. The van der Waals surface area contributed by atoms with Crippen LogP contribution in [0.3, 0.4) is 0 Å². The molecule has 0 radical (unpaired) electrons. The lowest BCUT2D eigenvalue weighted by Gasteiger charge is -2.22. The van der Waals surface area contributed by atoms with E-state index in [1.807, 2.05) is 27.7 Å². The van der Waals surface area contributed by atoms with Crippen LogP contribution in [-0.4, -0.2) is 36.3 Å². The molecule has 7 heteroatoms. The molecule has 0 fully saturated rings. The number of carbonyl (C=O) groups excluding carboxylic acids is 3. The predicted molar refractivity (Wildman–Crippen MR) is 98.4 cm³/mol. The third-order valence-electron chi connectivity index (χ3n) is 3.46. The number of rotatable bonds is 8. The van der Waals surface area contributed by atoms with E-state index in [9.17, 15) is 14.4 Å². The van der Waals surface area contributed by atoms with Gasteiger partial charge in [-0.1, -0.05) is 37.6 Å². The van der Waals surface area contributed by atoms with E-state index in [0.29, 0.717) is 10.6 Å². The lowest BCUT2D eigenvalue weighted by Crippen LogP contribution is -2.50. The molecule has 0 saturated carbocycles. The van der Waals surface area contributed by atoms with Crippen LogP contribution < -0.4 is 16.0 Å². The first-order valence-electron chi connectivity index (χ1n) is 8.34. The molecular formula is C18H26ClN3O3. The molecule has 0 spiro atoms.